The quantitative estimate of drug-likeness (QED) is 0.836. The minimum Gasteiger partial charge on any atom is -0.383 e. The van der Waals surface area contributed by atoms with E-state index in [-0.39, 0.29) is 11.1 Å². The number of piperazine rings is 1. The molecular formula is C18H35N3O2. The van der Waals surface area contributed by atoms with Gasteiger partial charge in [-0.2, -0.15) is 0 Å². The topological polar surface area (TPSA) is 44.8 Å². The van der Waals surface area contributed by atoms with Crippen molar-refractivity contribution in [3.63, 3.8) is 0 Å². The molecule has 0 aliphatic carbocycles. The largest absolute Gasteiger partial charge is 0.383 e. The fraction of sp³-hybridized carbons (Fsp3) is 0.944. The van der Waals surface area contributed by atoms with Gasteiger partial charge in [-0.1, -0.05) is 0 Å². The lowest BCUT2D eigenvalue weighted by molar-refractivity contribution is -0.134. The third kappa shape index (κ3) is 5.73. The van der Waals surface area contributed by atoms with E-state index in [2.05, 4.69) is 42.8 Å². The Kier molecular flexibility index (Phi) is 6.09. The van der Waals surface area contributed by atoms with Gasteiger partial charge in [-0.3, -0.25) is 9.69 Å². The first-order valence-electron chi connectivity index (χ1n) is 8.99. The van der Waals surface area contributed by atoms with Gasteiger partial charge in [0.25, 0.3) is 0 Å². The average molecular weight is 325 g/mol. The Bertz CT molecular complexity index is 385. The second-order valence-electron chi connectivity index (χ2n) is 8.59. The molecule has 134 valence electrons. The number of carbonyl (C=O) groups is 1. The molecule has 2 heterocycles. The monoisotopic (exact) mass is 325 g/mol. The number of carbonyl (C=O) groups excluding carboxylic acids is 1. The fourth-order valence-electron chi connectivity index (χ4n) is 4.50. The summed E-state index contributed by atoms with van der Waals surface area (Å²) in [6.45, 7) is 14.4. The summed E-state index contributed by atoms with van der Waals surface area (Å²) in [5.74, 6) is 0.829. The standard InChI is InChI=1S/C18H35N3O2/c1-17(2)13-15(14-18(3,4)19-17)12-16(22)21-8-6-20(7-9-21)10-11-23-5/h15,19H,6-14H2,1-5H3. The first-order valence-corrected chi connectivity index (χ1v) is 8.99. The minimum atomic E-state index is 0.117. The van der Waals surface area contributed by atoms with Crippen molar-refractivity contribution in [1.29, 1.82) is 0 Å². The number of amides is 1. The number of ether oxygens (including phenoxy) is 1. The van der Waals surface area contributed by atoms with Gasteiger partial charge in [0.1, 0.15) is 0 Å². The maximum absolute atomic E-state index is 12.7. The van der Waals surface area contributed by atoms with Crippen LogP contribution in [0.4, 0.5) is 0 Å². The molecule has 0 atom stereocenters. The molecule has 2 aliphatic rings. The first kappa shape index (κ1) is 18.7. The zero-order chi connectivity index (χ0) is 17.1. The number of rotatable bonds is 5. The summed E-state index contributed by atoms with van der Waals surface area (Å²) in [4.78, 5) is 17.1. The number of nitrogens with zero attached hydrogens (tertiary/aromatic N) is 2. The predicted molar refractivity (Wildman–Crippen MR) is 93.5 cm³/mol. The van der Waals surface area contributed by atoms with E-state index in [0.717, 1.165) is 52.2 Å². The second kappa shape index (κ2) is 7.49. The second-order valence-corrected chi connectivity index (χ2v) is 8.59. The molecule has 0 saturated carbocycles. The van der Waals surface area contributed by atoms with Gasteiger partial charge in [0.05, 0.1) is 6.61 Å². The zero-order valence-electron chi connectivity index (χ0n) is 15.7. The fourth-order valence-corrected chi connectivity index (χ4v) is 4.50. The highest BCUT2D eigenvalue weighted by Gasteiger charge is 2.38. The predicted octanol–water partition coefficient (Wildman–Crippen LogP) is 1.72. The van der Waals surface area contributed by atoms with Crippen LogP contribution in [0.2, 0.25) is 0 Å². The van der Waals surface area contributed by atoms with E-state index in [4.69, 9.17) is 4.74 Å². The van der Waals surface area contributed by atoms with E-state index in [1.54, 1.807) is 7.11 Å². The van der Waals surface area contributed by atoms with E-state index < -0.39 is 0 Å². The molecule has 5 nitrogen and oxygen atoms in total. The van der Waals surface area contributed by atoms with Gasteiger partial charge in [-0.15, -0.1) is 0 Å². The Morgan fingerprint density at radius 2 is 1.65 bits per heavy atom. The van der Waals surface area contributed by atoms with Crippen LogP contribution in [0.3, 0.4) is 0 Å². The maximum atomic E-state index is 12.7. The molecule has 0 unspecified atom stereocenters. The van der Waals surface area contributed by atoms with Crippen LogP contribution in [0.25, 0.3) is 0 Å². The number of hydrogen-bond acceptors (Lipinski definition) is 4. The molecule has 0 aromatic rings. The Balaban J connectivity index is 1.81. The van der Waals surface area contributed by atoms with Crippen LogP contribution in [0, 0.1) is 5.92 Å². The van der Waals surface area contributed by atoms with Gasteiger partial charge < -0.3 is 15.0 Å². The molecule has 1 N–H and O–H groups in total. The first-order chi connectivity index (χ1) is 10.7. The molecule has 2 aliphatic heterocycles. The summed E-state index contributed by atoms with van der Waals surface area (Å²) in [7, 11) is 1.74. The van der Waals surface area contributed by atoms with Crippen LogP contribution in [-0.4, -0.2) is 73.2 Å². The van der Waals surface area contributed by atoms with Gasteiger partial charge in [-0.05, 0) is 46.5 Å². The normalized spacial score (nSPS) is 25.5. The zero-order valence-corrected chi connectivity index (χ0v) is 15.7. The molecular weight excluding hydrogens is 290 g/mol. The van der Waals surface area contributed by atoms with Crippen LogP contribution in [0.5, 0.6) is 0 Å². The maximum Gasteiger partial charge on any atom is 0.222 e. The van der Waals surface area contributed by atoms with Crippen molar-refractivity contribution in [3.05, 3.63) is 0 Å². The van der Waals surface area contributed by atoms with Gasteiger partial charge in [0.15, 0.2) is 0 Å². The average Bonchev–Trinajstić information content (AvgIpc) is 2.42. The van der Waals surface area contributed by atoms with Gasteiger partial charge in [0, 0.05) is 57.3 Å². The Hall–Kier alpha value is -0.650. The number of hydrogen-bond donors (Lipinski definition) is 1. The Morgan fingerprint density at radius 3 is 2.17 bits per heavy atom. The molecule has 2 rings (SSSR count). The SMILES string of the molecule is COCCN1CCN(C(=O)CC2CC(C)(C)NC(C)(C)C2)CC1. The Labute approximate surface area is 141 Å². The number of nitrogens with one attached hydrogen (secondary N) is 1. The van der Waals surface area contributed by atoms with E-state index in [1.165, 1.54) is 0 Å². The van der Waals surface area contributed by atoms with Crippen LogP contribution >= 0.6 is 0 Å². The molecule has 0 aromatic carbocycles. The van der Waals surface area contributed by atoms with Crippen molar-refractivity contribution in [1.82, 2.24) is 15.1 Å². The van der Waals surface area contributed by atoms with Gasteiger partial charge in [0.2, 0.25) is 5.91 Å². The van der Waals surface area contributed by atoms with Crippen LogP contribution in [0.1, 0.15) is 47.0 Å². The molecule has 2 saturated heterocycles. The van der Waals surface area contributed by atoms with E-state index in [1.807, 2.05) is 0 Å². The lowest BCUT2D eigenvalue weighted by Gasteiger charge is -2.47. The molecule has 23 heavy (non-hydrogen) atoms. The summed E-state index contributed by atoms with van der Waals surface area (Å²) < 4.78 is 5.13. The summed E-state index contributed by atoms with van der Waals surface area (Å²) in [5, 5.41) is 3.70. The third-order valence-corrected chi connectivity index (χ3v) is 5.07. The molecule has 2 fully saturated rings. The summed E-state index contributed by atoms with van der Waals surface area (Å²) in [6, 6.07) is 0. The van der Waals surface area contributed by atoms with Crippen molar-refractivity contribution in [3.8, 4) is 0 Å². The molecule has 0 radical (unpaired) electrons. The summed E-state index contributed by atoms with van der Waals surface area (Å²) in [6.07, 6.45) is 2.86. The minimum absolute atomic E-state index is 0.117. The van der Waals surface area contributed by atoms with E-state index in [0.29, 0.717) is 18.2 Å². The van der Waals surface area contributed by atoms with Crippen LogP contribution in [0.15, 0.2) is 0 Å². The van der Waals surface area contributed by atoms with E-state index >= 15 is 0 Å². The smallest absolute Gasteiger partial charge is 0.222 e. The van der Waals surface area contributed by atoms with Crippen molar-refractivity contribution >= 4 is 5.91 Å². The highest BCUT2D eigenvalue weighted by atomic mass is 16.5. The summed E-state index contributed by atoms with van der Waals surface area (Å²) in [5.41, 5.74) is 0.233. The van der Waals surface area contributed by atoms with Crippen molar-refractivity contribution in [2.45, 2.75) is 58.0 Å². The highest BCUT2D eigenvalue weighted by Crippen LogP contribution is 2.34. The lowest BCUT2D eigenvalue weighted by Crippen LogP contribution is -2.58. The van der Waals surface area contributed by atoms with Crippen LogP contribution in [-0.2, 0) is 9.53 Å². The number of methoxy groups -OCH3 is 1. The molecule has 0 spiro atoms. The Morgan fingerprint density at radius 1 is 1.09 bits per heavy atom. The molecule has 5 heteroatoms. The van der Waals surface area contributed by atoms with Crippen molar-refractivity contribution < 1.29 is 9.53 Å². The number of piperidine rings is 1. The van der Waals surface area contributed by atoms with E-state index in [9.17, 15) is 4.79 Å². The van der Waals surface area contributed by atoms with Crippen molar-refractivity contribution in [2.75, 3.05) is 46.4 Å². The summed E-state index contributed by atoms with van der Waals surface area (Å²) >= 11 is 0. The van der Waals surface area contributed by atoms with Gasteiger partial charge >= 0.3 is 0 Å². The van der Waals surface area contributed by atoms with Crippen LogP contribution < -0.4 is 5.32 Å². The molecule has 0 aromatic heterocycles. The highest BCUT2D eigenvalue weighted by molar-refractivity contribution is 5.76. The third-order valence-electron chi connectivity index (χ3n) is 5.07. The lowest BCUT2D eigenvalue weighted by atomic mass is 9.74. The molecule has 0 bridgehead atoms. The molecule has 1 amide bonds. The van der Waals surface area contributed by atoms with Crippen molar-refractivity contribution in [2.24, 2.45) is 5.92 Å². The van der Waals surface area contributed by atoms with Gasteiger partial charge in [-0.25, -0.2) is 0 Å².